The summed E-state index contributed by atoms with van der Waals surface area (Å²) in [5.74, 6) is 0.114. The van der Waals surface area contributed by atoms with Crippen LogP contribution in [0.5, 0.6) is 5.75 Å². The van der Waals surface area contributed by atoms with Crippen molar-refractivity contribution in [2.24, 2.45) is 0 Å². The summed E-state index contributed by atoms with van der Waals surface area (Å²) < 4.78 is 28.6. The van der Waals surface area contributed by atoms with E-state index < -0.39 is 6.61 Å². The maximum Gasteiger partial charge on any atom is 0.387 e. The van der Waals surface area contributed by atoms with E-state index in [1.54, 1.807) is 35.4 Å². The van der Waals surface area contributed by atoms with Gasteiger partial charge in [0.25, 0.3) is 0 Å². The van der Waals surface area contributed by atoms with Crippen LogP contribution >= 0.6 is 11.3 Å². The molecule has 0 aliphatic rings. The molecule has 136 valence electrons. The van der Waals surface area contributed by atoms with Gasteiger partial charge in [0.05, 0.1) is 6.54 Å². The van der Waals surface area contributed by atoms with E-state index in [-0.39, 0.29) is 11.7 Å². The number of nitrogens with zero attached hydrogens (tertiary/aromatic N) is 2. The monoisotopic (exact) mass is 368 g/mol. The smallest absolute Gasteiger partial charge is 0.387 e. The fourth-order valence-corrected chi connectivity index (χ4v) is 3.34. The second-order valence-corrected chi connectivity index (χ2v) is 6.97. The molecule has 0 aliphatic heterocycles. The molecule has 0 bridgehead atoms. The number of benzene rings is 1. The molecule has 2 aromatic rings. The molecule has 0 spiro atoms. The lowest BCUT2D eigenvalue weighted by molar-refractivity contribution is -0.131. The van der Waals surface area contributed by atoms with Crippen molar-refractivity contribution in [2.45, 2.75) is 26.6 Å². The molecule has 0 atom stereocenters. The average molecular weight is 368 g/mol. The molecule has 0 fully saturated rings. The van der Waals surface area contributed by atoms with Crippen molar-refractivity contribution in [2.75, 3.05) is 20.6 Å². The van der Waals surface area contributed by atoms with Gasteiger partial charge < -0.3 is 9.64 Å². The van der Waals surface area contributed by atoms with Gasteiger partial charge in [0, 0.05) is 25.0 Å². The fraction of sp³-hybridized carbons (Fsp3) is 0.389. The van der Waals surface area contributed by atoms with E-state index in [0.717, 1.165) is 12.1 Å². The van der Waals surface area contributed by atoms with Crippen molar-refractivity contribution in [1.29, 1.82) is 0 Å². The van der Waals surface area contributed by atoms with Gasteiger partial charge in [-0.25, -0.2) is 0 Å². The van der Waals surface area contributed by atoms with Crippen molar-refractivity contribution >= 4 is 17.2 Å². The van der Waals surface area contributed by atoms with E-state index in [0.29, 0.717) is 13.1 Å². The molecular formula is C18H22F2N2O2S. The van der Waals surface area contributed by atoms with Crippen LogP contribution in [0.4, 0.5) is 8.78 Å². The molecule has 0 saturated carbocycles. The molecule has 0 N–H and O–H groups in total. The summed E-state index contributed by atoms with van der Waals surface area (Å²) in [7, 11) is 3.65. The topological polar surface area (TPSA) is 32.8 Å². The van der Waals surface area contributed by atoms with Crippen LogP contribution in [0.25, 0.3) is 0 Å². The second kappa shape index (κ2) is 8.92. The molecule has 1 aromatic heterocycles. The standard InChI is InChI=1S/C18H22F2N2O2S/c1-13-8-9-25-16(13)11-21(2)12-17(23)22(3)10-14-4-6-15(7-5-14)24-18(19)20/h4-9,18H,10-12H2,1-3H3. The van der Waals surface area contributed by atoms with Crippen molar-refractivity contribution in [3.63, 3.8) is 0 Å². The first kappa shape index (κ1) is 19.3. The molecule has 1 heterocycles. The molecule has 2 rings (SSSR count). The summed E-state index contributed by atoms with van der Waals surface area (Å²) in [6.07, 6.45) is 0. The van der Waals surface area contributed by atoms with Gasteiger partial charge in [-0.3, -0.25) is 9.69 Å². The number of alkyl halides is 2. The minimum atomic E-state index is -2.84. The number of amides is 1. The summed E-state index contributed by atoms with van der Waals surface area (Å²) >= 11 is 1.69. The highest BCUT2D eigenvalue weighted by atomic mass is 32.1. The average Bonchev–Trinajstić information content (AvgIpc) is 2.93. The third-order valence-corrected chi connectivity index (χ3v) is 4.79. The van der Waals surface area contributed by atoms with Crippen LogP contribution in [0, 0.1) is 6.92 Å². The van der Waals surface area contributed by atoms with E-state index in [9.17, 15) is 13.6 Å². The van der Waals surface area contributed by atoms with Crippen LogP contribution < -0.4 is 4.74 Å². The molecule has 0 aliphatic carbocycles. The van der Waals surface area contributed by atoms with Crippen LogP contribution in [0.3, 0.4) is 0 Å². The summed E-state index contributed by atoms with van der Waals surface area (Å²) in [4.78, 5) is 17.2. The third-order valence-electron chi connectivity index (χ3n) is 3.78. The minimum Gasteiger partial charge on any atom is -0.435 e. The molecule has 0 radical (unpaired) electrons. The summed E-state index contributed by atoms with van der Waals surface area (Å²) in [6, 6.07) is 8.39. The van der Waals surface area contributed by atoms with Gasteiger partial charge in [-0.2, -0.15) is 8.78 Å². The number of rotatable bonds is 8. The van der Waals surface area contributed by atoms with Gasteiger partial charge in [-0.15, -0.1) is 11.3 Å². The largest absolute Gasteiger partial charge is 0.435 e. The lowest BCUT2D eigenvalue weighted by Crippen LogP contribution is -2.36. The lowest BCUT2D eigenvalue weighted by Gasteiger charge is -2.22. The highest BCUT2D eigenvalue weighted by molar-refractivity contribution is 7.10. The third kappa shape index (κ3) is 6.10. The first-order valence-electron chi connectivity index (χ1n) is 7.84. The first-order valence-corrected chi connectivity index (χ1v) is 8.72. The Morgan fingerprint density at radius 2 is 1.84 bits per heavy atom. The minimum absolute atomic E-state index is 0.00427. The van der Waals surface area contributed by atoms with Crippen molar-refractivity contribution < 1.29 is 18.3 Å². The van der Waals surface area contributed by atoms with Crippen molar-refractivity contribution in [3.8, 4) is 5.75 Å². The van der Waals surface area contributed by atoms with Crippen molar-refractivity contribution in [1.82, 2.24) is 9.80 Å². The summed E-state index contributed by atoms with van der Waals surface area (Å²) in [5, 5.41) is 2.05. The highest BCUT2D eigenvalue weighted by Crippen LogP contribution is 2.18. The van der Waals surface area contributed by atoms with Gasteiger partial charge in [0.1, 0.15) is 5.75 Å². The lowest BCUT2D eigenvalue weighted by atomic mass is 10.2. The van der Waals surface area contributed by atoms with Crippen molar-refractivity contribution in [3.05, 3.63) is 51.7 Å². The highest BCUT2D eigenvalue weighted by Gasteiger charge is 2.14. The van der Waals surface area contributed by atoms with E-state index in [1.807, 2.05) is 17.3 Å². The number of thiophene rings is 1. The van der Waals surface area contributed by atoms with Crippen LogP contribution in [-0.2, 0) is 17.9 Å². The Morgan fingerprint density at radius 1 is 1.16 bits per heavy atom. The van der Waals surface area contributed by atoms with Gasteiger partial charge in [-0.05, 0) is 48.7 Å². The number of carbonyl (C=O) groups is 1. The number of likely N-dealkylation sites (N-methyl/N-ethyl adjacent to an activating group) is 2. The molecule has 0 saturated heterocycles. The first-order chi connectivity index (χ1) is 11.8. The summed E-state index contributed by atoms with van der Waals surface area (Å²) in [6.45, 7) is 0.704. The molecule has 25 heavy (non-hydrogen) atoms. The van der Waals surface area contributed by atoms with Gasteiger partial charge >= 0.3 is 6.61 Å². The predicted octanol–water partition coefficient (Wildman–Crippen LogP) is 3.75. The van der Waals surface area contributed by atoms with E-state index >= 15 is 0 Å². The van der Waals surface area contributed by atoms with Gasteiger partial charge in [0.2, 0.25) is 5.91 Å². The maximum atomic E-state index is 12.3. The Balaban J connectivity index is 1.84. The van der Waals surface area contributed by atoms with Crippen LogP contribution in [0.2, 0.25) is 0 Å². The van der Waals surface area contributed by atoms with E-state index in [2.05, 4.69) is 17.7 Å². The molecule has 4 nitrogen and oxygen atoms in total. The normalized spacial score (nSPS) is 11.2. The molecule has 1 amide bonds. The van der Waals surface area contributed by atoms with E-state index in [4.69, 9.17) is 0 Å². The number of ether oxygens (including phenoxy) is 1. The molecule has 0 unspecified atom stereocenters. The maximum absolute atomic E-state index is 12.3. The Kier molecular flexibility index (Phi) is 6.90. The van der Waals surface area contributed by atoms with Crippen LogP contribution in [0.15, 0.2) is 35.7 Å². The van der Waals surface area contributed by atoms with Gasteiger partial charge in [0.15, 0.2) is 0 Å². The zero-order valence-electron chi connectivity index (χ0n) is 14.5. The summed E-state index contributed by atoms with van der Waals surface area (Å²) in [5.41, 5.74) is 2.10. The number of hydrogen-bond acceptors (Lipinski definition) is 4. The second-order valence-electron chi connectivity index (χ2n) is 5.97. The Labute approximate surface area is 150 Å². The zero-order valence-corrected chi connectivity index (χ0v) is 15.4. The zero-order chi connectivity index (χ0) is 18.4. The fourth-order valence-electron chi connectivity index (χ4n) is 2.36. The van der Waals surface area contributed by atoms with Crippen LogP contribution in [-0.4, -0.2) is 43.0 Å². The Morgan fingerprint density at radius 3 is 2.40 bits per heavy atom. The number of halogens is 2. The van der Waals surface area contributed by atoms with Crippen LogP contribution in [0.1, 0.15) is 16.0 Å². The molecular weight excluding hydrogens is 346 g/mol. The number of hydrogen-bond donors (Lipinski definition) is 0. The number of aryl methyl sites for hydroxylation is 1. The quantitative estimate of drug-likeness (QED) is 0.711. The molecule has 7 heteroatoms. The Bertz CT molecular complexity index is 689. The van der Waals surface area contributed by atoms with E-state index in [1.165, 1.54) is 22.6 Å². The SMILES string of the molecule is Cc1ccsc1CN(C)CC(=O)N(C)Cc1ccc(OC(F)F)cc1. The molecule has 1 aromatic carbocycles. The Hall–Kier alpha value is -1.99. The predicted molar refractivity (Wildman–Crippen MR) is 94.9 cm³/mol. The number of carbonyl (C=O) groups excluding carboxylic acids is 1. The van der Waals surface area contributed by atoms with Gasteiger partial charge in [-0.1, -0.05) is 12.1 Å².